The van der Waals surface area contributed by atoms with E-state index in [0.29, 0.717) is 12.8 Å². The molecule has 1 rings (SSSR count). The molecule has 1 N–H and O–H groups in total. The van der Waals surface area contributed by atoms with Crippen molar-refractivity contribution < 1.29 is 5.11 Å². The summed E-state index contributed by atoms with van der Waals surface area (Å²) < 4.78 is 0.992. The smallest absolute Gasteiger partial charge is 0.0815 e. The zero-order chi connectivity index (χ0) is 9.68. The third-order valence-electron chi connectivity index (χ3n) is 1.64. The Morgan fingerprint density at radius 1 is 1.62 bits per heavy atom. The summed E-state index contributed by atoms with van der Waals surface area (Å²) in [7, 11) is 0. The first-order chi connectivity index (χ1) is 6.24. The van der Waals surface area contributed by atoms with Gasteiger partial charge in [-0.15, -0.1) is 0 Å². The zero-order valence-electron chi connectivity index (χ0n) is 6.94. The molecular formula is C9H9IN2O. The highest BCUT2D eigenvalue weighted by molar-refractivity contribution is 14.1. The van der Waals surface area contributed by atoms with Crippen molar-refractivity contribution in [1.29, 1.82) is 5.26 Å². The van der Waals surface area contributed by atoms with Crippen LogP contribution in [0.1, 0.15) is 24.5 Å². The van der Waals surface area contributed by atoms with Crippen LogP contribution in [0.2, 0.25) is 0 Å². The first-order valence-electron chi connectivity index (χ1n) is 3.89. The van der Waals surface area contributed by atoms with Crippen molar-refractivity contribution in [2.45, 2.75) is 18.9 Å². The third kappa shape index (κ3) is 3.28. The van der Waals surface area contributed by atoms with Crippen LogP contribution in [0.15, 0.2) is 18.5 Å². The lowest BCUT2D eigenvalue weighted by atomic mass is 10.1. The number of hydrogen-bond acceptors (Lipinski definition) is 3. The van der Waals surface area contributed by atoms with Gasteiger partial charge in [0.1, 0.15) is 0 Å². The lowest BCUT2D eigenvalue weighted by molar-refractivity contribution is 0.169. The summed E-state index contributed by atoms with van der Waals surface area (Å²) >= 11 is 2.14. The Morgan fingerprint density at radius 3 is 3.00 bits per heavy atom. The highest BCUT2D eigenvalue weighted by Crippen LogP contribution is 2.18. The van der Waals surface area contributed by atoms with Crippen LogP contribution in [0.3, 0.4) is 0 Å². The molecule has 0 bridgehead atoms. The molecule has 0 spiro atoms. The summed E-state index contributed by atoms with van der Waals surface area (Å²) in [5.74, 6) is 0. The van der Waals surface area contributed by atoms with E-state index >= 15 is 0 Å². The Balaban J connectivity index is 2.66. The quantitative estimate of drug-likeness (QED) is 0.866. The Kier molecular flexibility index (Phi) is 4.12. The molecule has 0 amide bonds. The molecular weight excluding hydrogens is 279 g/mol. The van der Waals surface area contributed by atoms with Crippen molar-refractivity contribution in [3.8, 4) is 6.07 Å². The Morgan fingerprint density at radius 2 is 2.38 bits per heavy atom. The molecule has 0 fully saturated rings. The minimum atomic E-state index is -0.568. The van der Waals surface area contributed by atoms with E-state index in [1.54, 1.807) is 12.4 Å². The second kappa shape index (κ2) is 5.14. The first-order valence-corrected chi connectivity index (χ1v) is 4.97. The summed E-state index contributed by atoms with van der Waals surface area (Å²) in [5, 5.41) is 17.9. The summed E-state index contributed by atoms with van der Waals surface area (Å²) in [4.78, 5) is 3.96. The molecule has 0 aliphatic carbocycles. The Hall–Kier alpha value is -0.670. The largest absolute Gasteiger partial charge is 0.388 e. The van der Waals surface area contributed by atoms with Gasteiger partial charge in [-0.25, -0.2) is 0 Å². The lowest BCUT2D eigenvalue weighted by Crippen LogP contribution is -1.97. The first kappa shape index (κ1) is 10.4. The van der Waals surface area contributed by atoms with Crippen LogP contribution >= 0.6 is 22.6 Å². The maximum Gasteiger partial charge on any atom is 0.0815 e. The summed E-state index contributed by atoms with van der Waals surface area (Å²) in [6, 6.07) is 3.87. The SMILES string of the molecule is N#CCC[C@H](O)c1cncc(I)c1. The van der Waals surface area contributed by atoms with Crippen molar-refractivity contribution in [2.24, 2.45) is 0 Å². The number of aliphatic hydroxyl groups excluding tert-OH is 1. The molecule has 0 aromatic carbocycles. The number of nitriles is 1. The molecule has 1 atom stereocenters. The minimum Gasteiger partial charge on any atom is -0.388 e. The number of rotatable bonds is 3. The number of halogens is 1. The topological polar surface area (TPSA) is 56.9 Å². The van der Waals surface area contributed by atoms with Crippen molar-refractivity contribution in [3.63, 3.8) is 0 Å². The van der Waals surface area contributed by atoms with E-state index in [9.17, 15) is 5.11 Å². The van der Waals surface area contributed by atoms with Crippen molar-refractivity contribution in [2.75, 3.05) is 0 Å². The van der Waals surface area contributed by atoms with Crippen LogP contribution in [-0.4, -0.2) is 10.1 Å². The van der Waals surface area contributed by atoms with Crippen molar-refractivity contribution in [1.82, 2.24) is 4.98 Å². The maximum absolute atomic E-state index is 9.58. The zero-order valence-corrected chi connectivity index (χ0v) is 9.10. The summed E-state index contributed by atoms with van der Waals surface area (Å²) in [6.07, 6.45) is 3.62. The van der Waals surface area contributed by atoms with Gasteiger partial charge in [-0.2, -0.15) is 5.26 Å². The molecule has 0 saturated heterocycles. The van der Waals surface area contributed by atoms with Crippen molar-refractivity contribution in [3.05, 3.63) is 27.6 Å². The molecule has 0 radical (unpaired) electrons. The normalized spacial score (nSPS) is 12.1. The molecule has 1 heterocycles. The minimum absolute atomic E-state index is 0.368. The van der Waals surface area contributed by atoms with Gasteiger partial charge in [-0.3, -0.25) is 4.98 Å². The molecule has 0 aliphatic rings. The number of hydrogen-bond donors (Lipinski definition) is 1. The van der Waals surface area contributed by atoms with Crippen LogP contribution in [0.4, 0.5) is 0 Å². The van der Waals surface area contributed by atoms with E-state index in [-0.39, 0.29) is 0 Å². The van der Waals surface area contributed by atoms with Gasteiger partial charge < -0.3 is 5.11 Å². The fourth-order valence-corrected chi connectivity index (χ4v) is 1.50. The molecule has 4 heteroatoms. The van der Waals surface area contributed by atoms with Gasteiger partial charge >= 0.3 is 0 Å². The van der Waals surface area contributed by atoms with Gasteiger partial charge in [0.05, 0.1) is 12.2 Å². The molecule has 1 aromatic rings. The average molecular weight is 288 g/mol. The van der Waals surface area contributed by atoms with Crippen molar-refractivity contribution >= 4 is 22.6 Å². The number of nitrogens with zero attached hydrogens (tertiary/aromatic N) is 2. The molecule has 3 nitrogen and oxygen atoms in total. The molecule has 0 saturated carbocycles. The fourth-order valence-electron chi connectivity index (χ4n) is 0.978. The summed E-state index contributed by atoms with van der Waals surface area (Å²) in [6.45, 7) is 0. The molecule has 1 aromatic heterocycles. The van der Waals surface area contributed by atoms with Gasteiger partial charge in [0.15, 0.2) is 0 Å². The summed E-state index contributed by atoms with van der Waals surface area (Å²) in [5.41, 5.74) is 0.780. The molecule has 13 heavy (non-hydrogen) atoms. The Labute approximate surface area is 90.6 Å². The second-order valence-electron chi connectivity index (χ2n) is 2.65. The van der Waals surface area contributed by atoms with E-state index in [4.69, 9.17) is 5.26 Å². The lowest BCUT2D eigenvalue weighted by Gasteiger charge is -2.07. The van der Waals surface area contributed by atoms with E-state index < -0.39 is 6.10 Å². The monoisotopic (exact) mass is 288 g/mol. The number of pyridine rings is 1. The van der Waals surface area contributed by atoms with Crippen LogP contribution in [-0.2, 0) is 0 Å². The van der Waals surface area contributed by atoms with Crippen LogP contribution in [0.5, 0.6) is 0 Å². The van der Waals surface area contributed by atoms with Gasteiger partial charge in [0.25, 0.3) is 0 Å². The average Bonchev–Trinajstić information content (AvgIpc) is 2.14. The van der Waals surface area contributed by atoms with E-state index in [1.807, 2.05) is 12.1 Å². The van der Waals surface area contributed by atoms with E-state index in [2.05, 4.69) is 27.6 Å². The second-order valence-corrected chi connectivity index (χ2v) is 3.89. The molecule has 0 unspecified atom stereocenters. The molecule has 68 valence electrons. The van der Waals surface area contributed by atoms with Gasteiger partial charge in [0, 0.05) is 22.4 Å². The van der Waals surface area contributed by atoms with E-state index in [0.717, 1.165) is 9.13 Å². The number of aliphatic hydroxyl groups is 1. The highest BCUT2D eigenvalue weighted by atomic mass is 127. The van der Waals surface area contributed by atoms with Gasteiger partial charge in [-0.05, 0) is 40.6 Å². The fraction of sp³-hybridized carbons (Fsp3) is 0.333. The van der Waals surface area contributed by atoms with E-state index in [1.165, 1.54) is 0 Å². The standard InChI is InChI=1S/C9H9IN2O/c10-8-4-7(5-12-6-8)9(13)2-1-3-11/h4-6,9,13H,1-2H2/t9-/m0/s1. The predicted molar refractivity (Wildman–Crippen MR) is 56.8 cm³/mol. The van der Waals surface area contributed by atoms with Crippen LogP contribution in [0.25, 0.3) is 0 Å². The van der Waals surface area contributed by atoms with Gasteiger partial charge in [0.2, 0.25) is 0 Å². The molecule has 0 aliphatic heterocycles. The van der Waals surface area contributed by atoms with Crippen LogP contribution in [0, 0.1) is 14.9 Å². The maximum atomic E-state index is 9.58. The Bertz CT molecular complexity index is 322. The third-order valence-corrected chi connectivity index (χ3v) is 2.23. The number of aromatic nitrogens is 1. The van der Waals surface area contributed by atoms with Crippen LogP contribution < -0.4 is 0 Å². The predicted octanol–water partition coefficient (Wildman–Crippen LogP) is 2.02. The van der Waals surface area contributed by atoms with Gasteiger partial charge in [-0.1, -0.05) is 0 Å². The highest BCUT2D eigenvalue weighted by Gasteiger charge is 2.07.